The van der Waals surface area contributed by atoms with E-state index in [1.807, 2.05) is 61.7 Å². The standard InChI is InChI=1S/C21H21N3O3S/c1-14(2)27-19-10-4-15(12-20(19)26-3)5-11-21(25)22-17-8-6-16(7-9-17)18-13-28-24-23-18/h4-14H,1-3H3,(H,22,25)/b11-5+. The van der Waals surface area contributed by atoms with Gasteiger partial charge in [-0.2, -0.15) is 0 Å². The molecule has 2 aromatic carbocycles. The van der Waals surface area contributed by atoms with Crippen LogP contribution in [0.2, 0.25) is 0 Å². The Morgan fingerprint density at radius 2 is 1.93 bits per heavy atom. The predicted molar refractivity (Wildman–Crippen MR) is 112 cm³/mol. The van der Waals surface area contributed by atoms with E-state index in [-0.39, 0.29) is 12.0 Å². The minimum Gasteiger partial charge on any atom is -0.493 e. The predicted octanol–water partition coefficient (Wildman–Crippen LogP) is 4.65. The number of hydrogen-bond acceptors (Lipinski definition) is 6. The number of nitrogens with zero attached hydrogens (tertiary/aromatic N) is 2. The monoisotopic (exact) mass is 395 g/mol. The summed E-state index contributed by atoms with van der Waals surface area (Å²) >= 11 is 1.30. The fourth-order valence-corrected chi connectivity index (χ4v) is 2.98. The fraction of sp³-hybridized carbons (Fsp3) is 0.190. The van der Waals surface area contributed by atoms with Crippen LogP contribution < -0.4 is 14.8 Å². The lowest BCUT2D eigenvalue weighted by atomic mass is 10.1. The van der Waals surface area contributed by atoms with Gasteiger partial charge in [0.2, 0.25) is 5.91 Å². The van der Waals surface area contributed by atoms with Crippen molar-refractivity contribution in [3.8, 4) is 22.8 Å². The van der Waals surface area contributed by atoms with E-state index in [0.717, 1.165) is 16.8 Å². The van der Waals surface area contributed by atoms with Gasteiger partial charge in [0, 0.05) is 22.7 Å². The Morgan fingerprint density at radius 1 is 1.14 bits per heavy atom. The molecule has 1 N–H and O–H groups in total. The smallest absolute Gasteiger partial charge is 0.248 e. The zero-order valence-corrected chi connectivity index (χ0v) is 16.7. The molecule has 28 heavy (non-hydrogen) atoms. The number of carbonyl (C=O) groups excluding carboxylic acids is 1. The molecule has 3 aromatic rings. The van der Waals surface area contributed by atoms with E-state index >= 15 is 0 Å². The first kappa shape index (κ1) is 19.6. The second-order valence-electron chi connectivity index (χ2n) is 6.27. The zero-order valence-electron chi connectivity index (χ0n) is 15.9. The number of carbonyl (C=O) groups is 1. The molecular weight excluding hydrogens is 374 g/mol. The second kappa shape index (κ2) is 9.14. The molecule has 0 radical (unpaired) electrons. The largest absolute Gasteiger partial charge is 0.493 e. The summed E-state index contributed by atoms with van der Waals surface area (Å²) in [7, 11) is 1.59. The maximum Gasteiger partial charge on any atom is 0.248 e. The van der Waals surface area contributed by atoms with Gasteiger partial charge in [-0.3, -0.25) is 4.79 Å². The fourth-order valence-electron chi connectivity index (χ4n) is 2.51. The van der Waals surface area contributed by atoms with E-state index in [9.17, 15) is 4.79 Å². The van der Waals surface area contributed by atoms with E-state index in [2.05, 4.69) is 14.9 Å². The lowest BCUT2D eigenvalue weighted by molar-refractivity contribution is -0.111. The van der Waals surface area contributed by atoms with Crippen molar-refractivity contribution in [2.45, 2.75) is 20.0 Å². The van der Waals surface area contributed by atoms with Gasteiger partial charge in [0.15, 0.2) is 11.5 Å². The van der Waals surface area contributed by atoms with Gasteiger partial charge >= 0.3 is 0 Å². The van der Waals surface area contributed by atoms with Crippen LogP contribution in [-0.4, -0.2) is 28.7 Å². The molecule has 0 unspecified atom stereocenters. The summed E-state index contributed by atoms with van der Waals surface area (Å²) < 4.78 is 14.9. The Morgan fingerprint density at radius 3 is 2.57 bits per heavy atom. The van der Waals surface area contributed by atoms with Crippen LogP contribution in [-0.2, 0) is 4.79 Å². The average Bonchev–Trinajstić information content (AvgIpc) is 3.22. The van der Waals surface area contributed by atoms with Gasteiger partial charge in [-0.05, 0) is 61.3 Å². The molecule has 1 aromatic heterocycles. The Labute approximate surface area is 168 Å². The molecule has 0 aliphatic heterocycles. The first-order valence-corrected chi connectivity index (χ1v) is 9.60. The first-order valence-electron chi connectivity index (χ1n) is 8.76. The maximum atomic E-state index is 12.2. The third-order valence-electron chi connectivity index (χ3n) is 3.79. The molecular formula is C21H21N3O3S. The molecule has 144 valence electrons. The second-order valence-corrected chi connectivity index (χ2v) is 6.88. The molecule has 3 rings (SSSR count). The molecule has 1 amide bonds. The molecule has 0 atom stereocenters. The van der Waals surface area contributed by atoms with Crippen LogP contribution in [0.5, 0.6) is 11.5 Å². The Kier molecular flexibility index (Phi) is 6.39. The molecule has 1 heterocycles. The maximum absolute atomic E-state index is 12.2. The normalized spacial score (nSPS) is 11.0. The van der Waals surface area contributed by atoms with Gasteiger partial charge < -0.3 is 14.8 Å². The molecule has 0 saturated carbocycles. The minimum atomic E-state index is -0.218. The van der Waals surface area contributed by atoms with Crippen LogP contribution in [0.25, 0.3) is 17.3 Å². The van der Waals surface area contributed by atoms with Gasteiger partial charge in [-0.15, -0.1) is 5.10 Å². The van der Waals surface area contributed by atoms with Crippen molar-refractivity contribution in [3.05, 3.63) is 59.5 Å². The van der Waals surface area contributed by atoms with E-state index in [1.54, 1.807) is 13.2 Å². The zero-order chi connectivity index (χ0) is 19.9. The SMILES string of the molecule is COc1cc(/C=C/C(=O)Nc2ccc(-c3csnn3)cc2)ccc1OC(C)C. The van der Waals surface area contributed by atoms with Gasteiger partial charge in [-0.25, -0.2) is 0 Å². The topological polar surface area (TPSA) is 73.3 Å². The molecule has 0 bridgehead atoms. The molecule has 0 aliphatic carbocycles. The van der Waals surface area contributed by atoms with Crippen LogP contribution in [0.4, 0.5) is 5.69 Å². The van der Waals surface area contributed by atoms with E-state index in [4.69, 9.17) is 9.47 Å². The van der Waals surface area contributed by atoms with Crippen molar-refractivity contribution in [2.24, 2.45) is 0 Å². The third kappa shape index (κ3) is 5.17. The van der Waals surface area contributed by atoms with Crippen LogP contribution >= 0.6 is 11.5 Å². The Hall–Kier alpha value is -3.19. The Balaban J connectivity index is 1.63. The number of amides is 1. The van der Waals surface area contributed by atoms with Crippen LogP contribution in [0, 0.1) is 0 Å². The van der Waals surface area contributed by atoms with Crippen molar-refractivity contribution in [2.75, 3.05) is 12.4 Å². The molecule has 0 aliphatic rings. The van der Waals surface area contributed by atoms with Crippen molar-refractivity contribution in [1.82, 2.24) is 9.59 Å². The lowest BCUT2D eigenvalue weighted by Gasteiger charge is -2.13. The Bertz CT molecular complexity index is 952. The number of aromatic nitrogens is 2. The van der Waals surface area contributed by atoms with Crippen molar-refractivity contribution >= 4 is 29.2 Å². The molecule has 0 fully saturated rings. The highest BCUT2D eigenvalue weighted by Crippen LogP contribution is 2.29. The summed E-state index contributed by atoms with van der Waals surface area (Å²) in [5.74, 6) is 1.09. The van der Waals surface area contributed by atoms with Crippen LogP contribution in [0.1, 0.15) is 19.4 Å². The van der Waals surface area contributed by atoms with Crippen molar-refractivity contribution in [1.29, 1.82) is 0 Å². The van der Waals surface area contributed by atoms with Gasteiger partial charge in [-0.1, -0.05) is 22.7 Å². The summed E-state index contributed by atoms with van der Waals surface area (Å²) in [6.45, 7) is 3.91. The molecule has 0 saturated heterocycles. The highest BCUT2D eigenvalue weighted by atomic mass is 32.1. The highest BCUT2D eigenvalue weighted by molar-refractivity contribution is 7.03. The molecule has 0 spiro atoms. The lowest BCUT2D eigenvalue weighted by Crippen LogP contribution is -2.07. The molecule has 7 heteroatoms. The summed E-state index contributed by atoms with van der Waals surface area (Å²) in [6, 6.07) is 13.0. The van der Waals surface area contributed by atoms with Crippen LogP contribution in [0.15, 0.2) is 53.9 Å². The van der Waals surface area contributed by atoms with Crippen molar-refractivity contribution in [3.63, 3.8) is 0 Å². The number of benzene rings is 2. The first-order chi connectivity index (χ1) is 13.5. The van der Waals surface area contributed by atoms with E-state index < -0.39 is 0 Å². The summed E-state index contributed by atoms with van der Waals surface area (Å²) in [4.78, 5) is 12.2. The van der Waals surface area contributed by atoms with E-state index in [0.29, 0.717) is 17.2 Å². The van der Waals surface area contributed by atoms with Gasteiger partial charge in [0.25, 0.3) is 0 Å². The quantitative estimate of drug-likeness (QED) is 0.589. The van der Waals surface area contributed by atoms with Gasteiger partial charge in [0.05, 0.1) is 13.2 Å². The number of hydrogen-bond donors (Lipinski definition) is 1. The summed E-state index contributed by atoms with van der Waals surface area (Å²) in [5, 5.41) is 8.74. The van der Waals surface area contributed by atoms with Crippen molar-refractivity contribution < 1.29 is 14.3 Å². The minimum absolute atomic E-state index is 0.0549. The number of rotatable bonds is 7. The number of anilines is 1. The molecule has 6 nitrogen and oxygen atoms in total. The van der Waals surface area contributed by atoms with E-state index in [1.165, 1.54) is 17.6 Å². The summed E-state index contributed by atoms with van der Waals surface area (Å²) in [5.41, 5.74) is 3.33. The van der Waals surface area contributed by atoms with Crippen LogP contribution in [0.3, 0.4) is 0 Å². The average molecular weight is 395 g/mol. The number of nitrogens with one attached hydrogen (secondary N) is 1. The number of ether oxygens (including phenoxy) is 2. The highest BCUT2D eigenvalue weighted by Gasteiger charge is 2.07. The third-order valence-corrected chi connectivity index (χ3v) is 4.29. The number of methoxy groups -OCH3 is 1. The summed E-state index contributed by atoms with van der Waals surface area (Å²) in [6.07, 6.45) is 3.27. The van der Waals surface area contributed by atoms with Gasteiger partial charge in [0.1, 0.15) is 5.69 Å².